The summed E-state index contributed by atoms with van der Waals surface area (Å²) in [6, 6.07) is 8.75. The van der Waals surface area contributed by atoms with Crippen LogP contribution in [0.4, 0.5) is 5.69 Å². The molecule has 2 heterocycles. The number of carbonyl (C=O) groups excluding carboxylic acids is 1. The molecule has 0 bridgehead atoms. The fourth-order valence-corrected chi connectivity index (χ4v) is 4.55. The maximum absolute atomic E-state index is 12.7. The largest absolute Gasteiger partial charge is 0.338 e. The Hall–Kier alpha value is -1.55. The van der Waals surface area contributed by atoms with Gasteiger partial charge in [0.15, 0.2) is 6.29 Å². The van der Waals surface area contributed by atoms with Gasteiger partial charge in [-0.2, -0.15) is 0 Å². The van der Waals surface area contributed by atoms with E-state index in [9.17, 15) is 4.79 Å². The van der Waals surface area contributed by atoms with Crippen molar-refractivity contribution in [2.75, 3.05) is 11.4 Å². The summed E-state index contributed by atoms with van der Waals surface area (Å²) >= 11 is 0. The van der Waals surface area contributed by atoms with Gasteiger partial charge in [-0.1, -0.05) is 76.5 Å². The first-order valence-corrected chi connectivity index (χ1v) is 11.1. The van der Waals surface area contributed by atoms with Crippen molar-refractivity contribution in [3.8, 4) is 0 Å². The van der Waals surface area contributed by atoms with Crippen LogP contribution in [0.25, 0.3) is 0 Å². The zero-order chi connectivity index (χ0) is 19.1. The van der Waals surface area contributed by atoms with Crippen LogP contribution in [0.2, 0.25) is 0 Å². The number of unbranched alkanes of at least 4 members (excludes halogenated alkanes) is 7. The van der Waals surface area contributed by atoms with Gasteiger partial charge in [0.05, 0.1) is 5.92 Å². The zero-order valence-corrected chi connectivity index (χ0v) is 17.2. The highest BCUT2D eigenvalue weighted by Crippen LogP contribution is 2.30. The van der Waals surface area contributed by atoms with E-state index in [1.165, 1.54) is 56.2 Å². The molecule has 2 aliphatic rings. The molecule has 0 radical (unpaired) electrons. The number of carbonyl (C=O) groups is 1. The minimum Gasteiger partial charge on any atom is -0.338 e. The molecule has 1 saturated heterocycles. The van der Waals surface area contributed by atoms with Crippen LogP contribution >= 0.6 is 0 Å². The highest BCUT2D eigenvalue weighted by atomic mass is 16.2. The Morgan fingerprint density at radius 2 is 1.74 bits per heavy atom. The molecule has 4 nitrogen and oxygen atoms in total. The predicted octanol–water partition coefficient (Wildman–Crippen LogP) is 4.59. The molecule has 1 fully saturated rings. The van der Waals surface area contributed by atoms with Crippen molar-refractivity contribution >= 4 is 11.6 Å². The van der Waals surface area contributed by atoms with Crippen LogP contribution in [-0.4, -0.2) is 24.8 Å². The summed E-state index contributed by atoms with van der Waals surface area (Å²) < 4.78 is 0. The normalized spacial score (nSPS) is 24.7. The van der Waals surface area contributed by atoms with E-state index < -0.39 is 0 Å². The Morgan fingerprint density at radius 3 is 2.48 bits per heavy atom. The van der Waals surface area contributed by atoms with E-state index in [-0.39, 0.29) is 24.2 Å². The first kappa shape index (κ1) is 20.2. The second-order valence-corrected chi connectivity index (χ2v) is 8.31. The van der Waals surface area contributed by atoms with E-state index >= 15 is 0 Å². The number of rotatable bonds is 10. The zero-order valence-electron chi connectivity index (χ0n) is 17.2. The minimum atomic E-state index is -0.0778. The Balaban J connectivity index is 1.41. The summed E-state index contributed by atoms with van der Waals surface area (Å²) in [7, 11) is 0. The van der Waals surface area contributed by atoms with Gasteiger partial charge < -0.3 is 10.2 Å². The average Bonchev–Trinajstić information content (AvgIpc) is 3.09. The van der Waals surface area contributed by atoms with Crippen LogP contribution in [0, 0.1) is 5.92 Å². The van der Waals surface area contributed by atoms with Gasteiger partial charge in [-0.25, -0.2) is 0 Å². The average molecular weight is 372 g/mol. The number of hydrogen-bond acceptors (Lipinski definition) is 3. The van der Waals surface area contributed by atoms with Gasteiger partial charge in [-0.05, 0) is 31.4 Å². The molecule has 3 rings (SSSR count). The van der Waals surface area contributed by atoms with E-state index in [2.05, 4.69) is 53.6 Å². The summed E-state index contributed by atoms with van der Waals surface area (Å²) in [5.41, 5.74) is 2.63. The summed E-state index contributed by atoms with van der Waals surface area (Å²) in [6.45, 7) is 5.40. The maximum Gasteiger partial charge on any atom is 0.227 e. The smallest absolute Gasteiger partial charge is 0.227 e. The van der Waals surface area contributed by atoms with Gasteiger partial charge in [0.2, 0.25) is 5.91 Å². The summed E-state index contributed by atoms with van der Waals surface area (Å²) in [5.74, 6) is 0.317. The van der Waals surface area contributed by atoms with Crippen molar-refractivity contribution in [2.45, 2.75) is 90.4 Å². The van der Waals surface area contributed by atoms with Gasteiger partial charge in [0.25, 0.3) is 0 Å². The lowest BCUT2D eigenvalue weighted by Gasteiger charge is -2.41. The van der Waals surface area contributed by atoms with Crippen molar-refractivity contribution in [1.82, 2.24) is 10.6 Å². The molecule has 1 aromatic carbocycles. The summed E-state index contributed by atoms with van der Waals surface area (Å²) in [5, 5.41) is 6.88. The standard InChI is InChI=1S/C23H37N3O/c1-3-4-5-6-7-8-9-10-14-20-18(2)24-23(25-22(20)27)26-17-16-19-13-11-12-15-21(19)26/h11-13,15,18,20,23-24H,3-10,14,16-17H2,1-2H3,(H,25,27). The third-order valence-electron chi connectivity index (χ3n) is 6.24. The monoisotopic (exact) mass is 371 g/mol. The molecule has 0 aliphatic carbocycles. The van der Waals surface area contributed by atoms with Crippen LogP contribution in [-0.2, 0) is 11.2 Å². The SMILES string of the molecule is CCCCCCCCCCC1C(=O)NC(N2CCc3ccccc32)NC1C. The molecule has 2 N–H and O–H groups in total. The second kappa shape index (κ2) is 10.1. The molecule has 27 heavy (non-hydrogen) atoms. The van der Waals surface area contributed by atoms with E-state index in [4.69, 9.17) is 0 Å². The molecule has 3 unspecified atom stereocenters. The number of nitrogens with zero attached hydrogens (tertiary/aromatic N) is 1. The maximum atomic E-state index is 12.7. The van der Waals surface area contributed by atoms with E-state index in [1.807, 2.05) is 0 Å². The van der Waals surface area contributed by atoms with E-state index in [1.54, 1.807) is 0 Å². The fourth-order valence-electron chi connectivity index (χ4n) is 4.55. The third kappa shape index (κ3) is 5.25. The van der Waals surface area contributed by atoms with Crippen LogP contribution in [0.5, 0.6) is 0 Å². The van der Waals surface area contributed by atoms with Gasteiger partial charge in [0.1, 0.15) is 0 Å². The fraction of sp³-hybridized carbons (Fsp3) is 0.696. The molecule has 150 valence electrons. The lowest BCUT2D eigenvalue weighted by Crippen LogP contribution is -2.66. The predicted molar refractivity (Wildman–Crippen MR) is 113 cm³/mol. The van der Waals surface area contributed by atoms with Crippen molar-refractivity contribution in [1.29, 1.82) is 0 Å². The molecule has 2 aliphatic heterocycles. The molecule has 0 spiro atoms. The van der Waals surface area contributed by atoms with Crippen LogP contribution in [0.15, 0.2) is 24.3 Å². The van der Waals surface area contributed by atoms with E-state index in [0.29, 0.717) is 0 Å². The third-order valence-corrected chi connectivity index (χ3v) is 6.24. The number of hydrogen-bond donors (Lipinski definition) is 2. The van der Waals surface area contributed by atoms with Gasteiger partial charge in [0, 0.05) is 18.3 Å². The molecular formula is C23H37N3O. The van der Waals surface area contributed by atoms with Gasteiger partial charge in [-0.15, -0.1) is 0 Å². The van der Waals surface area contributed by atoms with E-state index in [0.717, 1.165) is 25.8 Å². The molecular weight excluding hydrogens is 334 g/mol. The van der Waals surface area contributed by atoms with Crippen molar-refractivity contribution in [3.05, 3.63) is 29.8 Å². The lowest BCUT2D eigenvalue weighted by atomic mass is 9.91. The summed E-state index contributed by atoms with van der Waals surface area (Å²) in [4.78, 5) is 15.0. The second-order valence-electron chi connectivity index (χ2n) is 8.31. The summed E-state index contributed by atoms with van der Waals surface area (Å²) in [6.07, 6.45) is 12.5. The Morgan fingerprint density at radius 1 is 1.04 bits per heavy atom. The molecule has 0 aromatic heterocycles. The number of para-hydroxylation sites is 1. The van der Waals surface area contributed by atoms with Gasteiger partial charge >= 0.3 is 0 Å². The van der Waals surface area contributed by atoms with Crippen molar-refractivity contribution in [3.63, 3.8) is 0 Å². The van der Waals surface area contributed by atoms with Crippen molar-refractivity contribution < 1.29 is 4.79 Å². The highest BCUT2D eigenvalue weighted by Gasteiger charge is 2.37. The van der Waals surface area contributed by atoms with Gasteiger partial charge in [-0.3, -0.25) is 10.1 Å². The molecule has 4 heteroatoms. The molecule has 1 amide bonds. The van der Waals surface area contributed by atoms with Crippen LogP contribution in [0.3, 0.4) is 0 Å². The molecule has 3 atom stereocenters. The Bertz CT molecular complexity index is 603. The molecule has 0 saturated carbocycles. The quantitative estimate of drug-likeness (QED) is 0.591. The first-order chi connectivity index (χ1) is 13.2. The molecule has 1 aromatic rings. The Kier molecular flexibility index (Phi) is 7.57. The number of nitrogens with one attached hydrogen (secondary N) is 2. The Labute approximate surface area is 165 Å². The topological polar surface area (TPSA) is 44.4 Å². The first-order valence-electron chi connectivity index (χ1n) is 11.1. The number of benzene rings is 1. The van der Waals surface area contributed by atoms with Crippen LogP contribution in [0.1, 0.15) is 77.2 Å². The number of amides is 1. The minimum absolute atomic E-state index is 0.0778. The van der Waals surface area contributed by atoms with Crippen LogP contribution < -0.4 is 15.5 Å². The highest BCUT2D eigenvalue weighted by molar-refractivity contribution is 5.81. The van der Waals surface area contributed by atoms with Crippen molar-refractivity contribution in [2.24, 2.45) is 5.92 Å². The number of fused-ring (bicyclic) bond motifs is 1. The lowest BCUT2D eigenvalue weighted by molar-refractivity contribution is -0.129. The number of anilines is 1.